The lowest BCUT2D eigenvalue weighted by molar-refractivity contribution is -0.146. The first-order valence-corrected chi connectivity index (χ1v) is 7.52. The Kier molecular flexibility index (Phi) is 7.22. The Morgan fingerprint density at radius 3 is 2.67 bits per heavy atom. The van der Waals surface area contributed by atoms with Gasteiger partial charge in [-0.05, 0) is 24.1 Å². The summed E-state index contributed by atoms with van der Waals surface area (Å²) in [5, 5.41) is 2.65. The van der Waals surface area contributed by atoms with Crippen molar-refractivity contribution in [2.45, 2.75) is 26.3 Å². The molecule has 6 heteroatoms. The molecule has 2 unspecified atom stereocenters. The second kappa shape index (κ2) is 8.67. The second-order valence-electron chi connectivity index (χ2n) is 4.70. The third kappa shape index (κ3) is 5.75. The Morgan fingerprint density at radius 1 is 1.38 bits per heavy atom. The van der Waals surface area contributed by atoms with Crippen LogP contribution in [0.2, 0.25) is 0 Å². The van der Waals surface area contributed by atoms with Gasteiger partial charge in [-0.25, -0.2) is 4.79 Å². The second-order valence-corrected chi connectivity index (χ2v) is 5.62. The zero-order valence-corrected chi connectivity index (χ0v) is 14.0. The van der Waals surface area contributed by atoms with Gasteiger partial charge in [0.15, 0.2) is 6.61 Å². The van der Waals surface area contributed by atoms with Gasteiger partial charge in [0.05, 0.1) is 7.11 Å². The first-order chi connectivity index (χ1) is 9.97. The van der Waals surface area contributed by atoms with Crippen molar-refractivity contribution in [2.75, 3.05) is 13.7 Å². The molecule has 0 radical (unpaired) electrons. The molecule has 0 spiro atoms. The first-order valence-electron chi connectivity index (χ1n) is 6.73. The lowest BCUT2D eigenvalue weighted by Crippen LogP contribution is -2.47. The summed E-state index contributed by atoms with van der Waals surface area (Å²) in [7, 11) is 1.31. The Hall–Kier alpha value is -1.56. The van der Waals surface area contributed by atoms with Crippen molar-refractivity contribution in [3.05, 3.63) is 28.7 Å². The average Bonchev–Trinajstić information content (AvgIpc) is 2.49. The van der Waals surface area contributed by atoms with Gasteiger partial charge in [-0.2, -0.15) is 0 Å². The van der Waals surface area contributed by atoms with Gasteiger partial charge in [0.1, 0.15) is 11.8 Å². The fourth-order valence-corrected chi connectivity index (χ4v) is 2.10. The molecule has 1 N–H and O–H groups in total. The monoisotopic (exact) mass is 357 g/mol. The molecule has 1 rings (SSSR count). The number of amides is 1. The summed E-state index contributed by atoms with van der Waals surface area (Å²) in [6.45, 7) is 3.68. The van der Waals surface area contributed by atoms with Crippen molar-refractivity contribution >= 4 is 27.8 Å². The maximum Gasteiger partial charge on any atom is 0.328 e. The molecule has 0 fully saturated rings. The highest BCUT2D eigenvalue weighted by molar-refractivity contribution is 9.10. The quantitative estimate of drug-likeness (QED) is 0.761. The number of hydrogen-bond donors (Lipinski definition) is 1. The number of carbonyl (C=O) groups is 2. The standard InChI is InChI=1S/C15H20BrNO4/c1-4-10(2)14(15(19)20-3)17-13(18)9-21-12-7-5-6-11(16)8-12/h5-8,10,14H,4,9H2,1-3H3,(H,17,18). The topological polar surface area (TPSA) is 64.6 Å². The van der Waals surface area contributed by atoms with Crippen LogP contribution in [0.4, 0.5) is 0 Å². The molecule has 2 atom stereocenters. The van der Waals surface area contributed by atoms with Gasteiger partial charge in [0.2, 0.25) is 0 Å². The van der Waals surface area contributed by atoms with Crippen LogP contribution in [0.5, 0.6) is 5.75 Å². The van der Waals surface area contributed by atoms with Crippen LogP contribution in [0, 0.1) is 5.92 Å². The third-order valence-corrected chi connectivity index (χ3v) is 3.64. The van der Waals surface area contributed by atoms with Crippen LogP contribution in [0.25, 0.3) is 0 Å². The van der Waals surface area contributed by atoms with Gasteiger partial charge in [-0.1, -0.05) is 42.3 Å². The first kappa shape index (κ1) is 17.5. The smallest absolute Gasteiger partial charge is 0.328 e. The molecule has 5 nitrogen and oxygen atoms in total. The van der Waals surface area contributed by atoms with E-state index in [0.29, 0.717) is 5.75 Å². The van der Waals surface area contributed by atoms with Crippen LogP contribution in [0.1, 0.15) is 20.3 Å². The van der Waals surface area contributed by atoms with Crippen LogP contribution in [-0.4, -0.2) is 31.6 Å². The number of methoxy groups -OCH3 is 1. The van der Waals surface area contributed by atoms with E-state index >= 15 is 0 Å². The van der Waals surface area contributed by atoms with Crippen LogP contribution in [0.3, 0.4) is 0 Å². The average molecular weight is 358 g/mol. The number of hydrogen-bond acceptors (Lipinski definition) is 4. The zero-order valence-electron chi connectivity index (χ0n) is 12.4. The van der Waals surface area contributed by atoms with Crippen molar-refractivity contribution in [1.82, 2.24) is 5.32 Å². The van der Waals surface area contributed by atoms with Crippen molar-refractivity contribution in [3.8, 4) is 5.75 Å². The number of carbonyl (C=O) groups excluding carboxylic acids is 2. The van der Waals surface area contributed by atoms with Gasteiger partial charge in [-0.3, -0.25) is 4.79 Å². The van der Waals surface area contributed by atoms with Gasteiger partial charge < -0.3 is 14.8 Å². The van der Waals surface area contributed by atoms with Gasteiger partial charge in [-0.15, -0.1) is 0 Å². The van der Waals surface area contributed by atoms with E-state index in [1.165, 1.54) is 7.11 Å². The number of benzene rings is 1. The van der Waals surface area contributed by atoms with E-state index in [2.05, 4.69) is 21.2 Å². The fraction of sp³-hybridized carbons (Fsp3) is 0.467. The molecular formula is C15H20BrNO4. The summed E-state index contributed by atoms with van der Waals surface area (Å²) in [4.78, 5) is 23.6. The van der Waals surface area contributed by atoms with Crippen molar-refractivity contribution in [1.29, 1.82) is 0 Å². The predicted octanol–water partition coefficient (Wildman–Crippen LogP) is 2.53. The molecule has 1 aromatic rings. The number of ether oxygens (including phenoxy) is 2. The Labute approximate surface area is 133 Å². The Morgan fingerprint density at radius 2 is 2.10 bits per heavy atom. The Bertz CT molecular complexity index is 492. The molecule has 0 bridgehead atoms. The molecule has 0 aromatic heterocycles. The van der Waals surface area contributed by atoms with E-state index in [1.54, 1.807) is 12.1 Å². The van der Waals surface area contributed by atoms with Crippen molar-refractivity contribution in [2.24, 2.45) is 5.92 Å². The molecule has 0 aliphatic carbocycles. The molecule has 1 amide bonds. The van der Waals surface area contributed by atoms with E-state index in [-0.39, 0.29) is 18.4 Å². The highest BCUT2D eigenvalue weighted by Crippen LogP contribution is 2.17. The zero-order chi connectivity index (χ0) is 15.8. The molecule has 21 heavy (non-hydrogen) atoms. The lowest BCUT2D eigenvalue weighted by Gasteiger charge is -2.21. The van der Waals surface area contributed by atoms with Crippen molar-refractivity contribution in [3.63, 3.8) is 0 Å². The number of nitrogens with one attached hydrogen (secondary N) is 1. The summed E-state index contributed by atoms with van der Waals surface area (Å²) in [5.41, 5.74) is 0. The molecule has 116 valence electrons. The molecule has 0 saturated heterocycles. The van der Waals surface area contributed by atoms with Gasteiger partial charge in [0, 0.05) is 4.47 Å². The van der Waals surface area contributed by atoms with E-state index in [0.717, 1.165) is 10.9 Å². The van der Waals surface area contributed by atoms with Crippen LogP contribution in [0.15, 0.2) is 28.7 Å². The van der Waals surface area contributed by atoms with Gasteiger partial charge >= 0.3 is 5.97 Å². The normalized spacial score (nSPS) is 13.1. The summed E-state index contributed by atoms with van der Waals surface area (Å²) < 4.78 is 11.0. The Balaban J connectivity index is 2.56. The minimum absolute atomic E-state index is 0.00716. The largest absolute Gasteiger partial charge is 0.484 e. The summed E-state index contributed by atoms with van der Waals surface area (Å²) >= 11 is 3.32. The third-order valence-electron chi connectivity index (χ3n) is 3.15. The SMILES string of the molecule is CCC(C)C(NC(=O)COc1cccc(Br)c1)C(=O)OC. The highest BCUT2D eigenvalue weighted by Gasteiger charge is 2.26. The molecule has 0 aliphatic heterocycles. The minimum Gasteiger partial charge on any atom is -0.484 e. The predicted molar refractivity (Wildman–Crippen MR) is 83.0 cm³/mol. The molecule has 0 saturated carbocycles. The maximum absolute atomic E-state index is 11.9. The maximum atomic E-state index is 11.9. The van der Waals surface area contributed by atoms with Crippen LogP contribution in [-0.2, 0) is 14.3 Å². The highest BCUT2D eigenvalue weighted by atomic mass is 79.9. The lowest BCUT2D eigenvalue weighted by atomic mass is 9.99. The number of halogens is 1. The van der Waals surface area contributed by atoms with E-state index in [1.807, 2.05) is 26.0 Å². The van der Waals surface area contributed by atoms with E-state index in [9.17, 15) is 9.59 Å². The number of esters is 1. The van der Waals surface area contributed by atoms with E-state index < -0.39 is 12.0 Å². The molecule has 1 aromatic carbocycles. The summed E-state index contributed by atoms with van der Waals surface area (Å²) in [6.07, 6.45) is 0.756. The molecule has 0 heterocycles. The summed E-state index contributed by atoms with van der Waals surface area (Å²) in [5.74, 6) is -0.226. The fourth-order valence-electron chi connectivity index (χ4n) is 1.72. The van der Waals surface area contributed by atoms with E-state index in [4.69, 9.17) is 9.47 Å². The van der Waals surface area contributed by atoms with Gasteiger partial charge in [0.25, 0.3) is 5.91 Å². The minimum atomic E-state index is -0.654. The molecular weight excluding hydrogens is 338 g/mol. The van der Waals surface area contributed by atoms with Crippen LogP contribution < -0.4 is 10.1 Å². The van der Waals surface area contributed by atoms with Crippen LogP contribution >= 0.6 is 15.9 Å². The summed E-state index contributed by atoms with van der Waals surface area (Å²) in [6, 6.07) is 6.54. The number of rotatable bonds is 7. The molecule has 0 aliphatic rings. The van der Waals surface area contributed by atoms with Crippen molar-refractivity contribution < 1.29 is 19.1 Å².